The number of benzene rings is 2. The van der Waals surface area contributed by atoms with Gasteiger partial charge in [0.25, 0.3) is 0 Å². The number of aryl methyl sites for hydroxylation is 1. The van der Waals surface area contributed by atoms with Crippen molar-refractivity contribution in [2.24, 2.45) is 0 Å². The summed E-state index contributed by atoms with van der Waals surface area (Å²) in [4.78, 5) is 43.6. The highest BCUT2D eigenvalue weighted by molar-refractivity contribution is 7.99. The smallest absolute Gasteiger partial charge is 0.408 e. The summed E-state index contributed by atoms with van der Waals surface area (Å²) in [6.07, 6.45) is 1.15. The normalized spacial score (nSPS) is 26.9. The standard InChI is InChI=1S/C37H42N4O11S/c1-8-9-47-37(44)39-21-14-53-35-27-26(34-32(50-16-51-34)18(3)31(27)52-19(4)42)24(13-48-36(21)43)41-23(12-38)22-11-20-10-17(2)30(46-7)33(49-15-45-6)25(20)28(29(35)41)40(22)5/h8,10,21-24,28-29,35H,1,9,11,13-16H2,2-7H3,(H,39,44)/t21-,22-,23-,24-,28+,29+,35+/m0/s1. The van der Waals surface area contributed by atoms with Crippen molar-refractivity contribution in [3.63, 3.8) is 0 Å². The number of ether oxygens (including phenoxy) is 8. The van der Waals surface area contributed by atoms with E-state index in [1.165, 1.54) is 24.8 Å². The van der Waals surface area contributed by atoms with Gasteiger partial charge in [-0.2, -0.15) is 5.26 Å². The van der Waals surface area contributed by atoms with Crippen LogP contribution >= 0.6 is 11.8 Å². The molecule has 16 heteroatoms. The second-order valence-electron chi connectivity index (χ2n) is 13.5. The van der Waals surface area contributed by atoms with Crippen LogP contribution in [0.2, 0.25) is 0 Å². The van der Waals surface area contributed by atoms with Crippen molar-refractivity contribution >= 4 is 29.8 Å². The number of thioether (sulfide) groups is 1. The van der Waals surface area contributed by atoms with Gasteiger partial charge in [-0.25, -0.2) is 9.59 Å². The third-order valence-corrected chi connectivity index (χ3v) is 12.0. The second kappa shape index (κ2) is 14.6. The third-order valence-electron chi connectivity index (χ3n) is 10.6. The molecule has 4 bridgehead atoms. The number of nitrogens with zero attached hydrogens (tertiary/aromatic N) is 3. The summed E-state index contributed by atoms with van der Waals surface area (Å²) in [6.45, 7) is 8.32. The Kier molecular flexibility index (Phi) is 10.1. The molecule has 0 radical (unpaired) electrons. The molecule has 1 amide bonds. The maximum absolute atomic E-state index is 13.7. The summed E-state index contributed by atoms with van der Waals surface area (Å²) in [5.74, 6) is 1.13. The van der Waals surface area contributed by atoms with Gasteiger partial charge in [-0.1, -0.05) is 18.7 Å². The predicted molar refractivity (Wildman–Crippen MR) is 189 cm³/mol. The highest BCUT2D eigenvalue weighted by Gasteiger charge is 2.61. The third kappa shape index (κ3) is 5.99. The molecule has 2 saturated heterocycles. The Balaban J connectivity index is 1.50. The minimum atomic E-state index is -1.09. The molecule has 282 valence electrons. The first-order valence-corrected chi connectivity index (χ1v) is 18.3. The van der Waals surface area contributed by atoms with Crippen molar-refractivity contribution in [1.82, 2.24) is 15.1 Å². The zero-order valence-electron chi connectivity index (χ0n) is 30.4. The molecule has 6 aliphatic heterocycles. The number of esters is 2. The van der Waals surface area contributed by atoms with E-state index >= 15 is 0 Å². The topological polar surface area (TPSA) is 167 Å². The van der Waals surface area contributed by atoms with Gasteiger partial charge in [0.2, 0.25) is 6.79 Å². The lowest BCUT2D eigenvalue weighted by Gasteiger charge is -2.61. The average Bonchev–Trinajstić information content (AvgIpc) is 3.62. The molecule has 53 heavy (non-hydrogen) atoms. The zero-order valence-corrected chi connectivity index (χ0v) is 31.2. The van der Waals surface area contributed by atoms with E-state index in [9.17, 15) is 19.6 Å². The van der Waals surface area contributed by atoms with E-state index in [-0.39, 0.29) is 38.6 Å². The number of alkyl carbamates (subject to hydrolysis) is 1. The molecule has 0 unspecified atom stereocenters. The Hall–Kier alpha value is -4.69. The molecule has 2 aromatic carbocycles. The van der Waals surface area contributed by atoms with E-state index in [4.69, 9.17) is 37.9 Å². The lowest BCUT2D eigenvalue weighted by molar-refractivity contribution is -0.151. The number of amides is 1. The van der Waals surface area contributed by atoms with Crippen molar-refractivity contribution in [3.8, 4) is 34.8 Å². The Morgan fingerprint density at radius 3 is 2.60 bits per heavy atom. The highest BCUT2D eigenvalue weighted by Crippen LogP contribution is 2.64. The molecule has 2 aromatic rings. The number of fused-ring (bicyclic) bond motifs is 10. The van der Waals surface area contributed by atoms with E-state index in [0.717, 1.165) is 16.7 Å². The minimum Gasteiger partial charge on any atom is -0.493 e. The van der Waals surface area contributed by atoms with Gasteiger partial charge in [-0.3, -0.25) is 14.6 Å². The maximum atomic E-state index is 13.7. The number of nitriles is 1. The Morgan fingerprint density at radius 1 is 1.13 bits per heavy atom. The Morgan fingerprint density at radius 2 is 1.91 bits per heavy atom. The molecular weight excluding hydrogens is 708 g/mol. The van der Waals surface area contributed by atoms with E-state index < -0.39 is 53.5 Å². The Labute approximate surface area is 311 Å². The number of nitrogens with one attached hydrogen (secondary N) is 1. The van der Waals surface area contributed by atoms with Crippen molar-refractivity contribution in [2.45, 2.75) is 68.7 Å². The average molecular weight is 751 g/mol. The van der Waals surface area contributed by atoms with Crippen LogP contribution in [-0.2, 0) is 30.2 Å². The first kappa shape index (κ1) is 36.7. The summed E-state index contributed by atoms with van der Waals surface area (Å²) < 4.78 is 47.0. The zero-order chi connectivity index (χ0) is 37.7. The molecular formula is C37H42N4O11S. The molecule has 0 aliphatic carbocycles. The number of hydrogen-bond acceptors (Lipinski definition) is 15. The molecule has 0 saturated carbocycles. The van der Waals surface area contributed by atoms with E-state index in [0.29, 0.717) is 51.9 Å². The van der Waals surface area contributed by atoms with Gasteiger partial charge < -0.3 is 43.2 Å². The summed E-state index contributed by atoms with van der Waals surface area (Å²) in [5.41, 5.74) is 4.63. The molecule has 7 atom stereocenters. The van der Waals surface area contributed by atoms with Gasteiger partial charge in [-0.15, -0.1) is 11.8 Å². The molecule has 2 fully saturated rings. The number of piperazine rings is 1. The maximum Gasteiger partial charge on any atom is 0.408 e. The van der Waals surface area contributed by atoms with Crippen LogP contribution < -0.4 is 29.0 Å². The molecule has 0 aromatic heterocycles. The minimum absolute atomic E-state index is 0.0323. The molecule has 8 rings (SSSR count). The predicted octanol–water partition coefficient (Wildman–Crippen LogP) is 3.79. The number of carbonyl (C=O) groups excluding carboxylic acids is 3. The van der Waals surface area contributed by atoms with Crippen molar-refractivity contribution in [3.05, 3.63) is 52.1 Å². The molecule has 15 nitrogen and oxygen atoms in total. The van der Waals surface area contributed by atoms with Crippen molar-refractivity contribution < 1.29 is 52.3 Å². The fraction of sp³-hybridized carbons (Fsp3) is 0.514. The summed E-state index contributed by atoms with van der Waals surface area (Å²) >= 11 is 1.38. The second-order valence-corrected chi connectivity index (χ2v) is 14.7. The Bertz CT molecular complexity index is 1900. The van der Waals surface area contributed by atoms with Crippen LogP contribution in [0.15, 0.2) is 18.7 Å². The van der Waals surface area contributed by atoms with Crippen LogP contribution in [0.3, 0.4) is 0 Å². The quantitative estimate of drug-likeness (QED) is 0.179. The van der Waals surface area contributed by atoms with Gasteiger partial charge in [0, 0.05) is 54.1 Å². The number of likely N-dealkylation sites (N-methyl/N-ethyl adjacent to an activating group) is 1. The highest BCUT2D eigenvalue weighted by atomic mass is 32.2. The van der Waals surface area contributed by atoms with Crippen LogP contribution in [0, 0.1) is 25.2 Å². The van der Waals surface area contributed by atoms with Crippen LogP contribution in [0.4, 0.5) is 4.79 Å². The van der Waals surface area contributed by atoms with E-state index in [2.05, 4.69) is 33.8 Å². The SMILES string of the molecule is C=CCOC(=O)N[C@H]1CS[C@@H]2c3c(OC(C)=O)c(C)c4c(c3[C@H](COC1=O)N1[C@@H]2[C@H]2c3c(cc(C)c(OC)c3OCOC)C[C@@H]([C@@H]1C#N)N2C)OCO4. The van der Waals surface area contributed by atoms with E-state index in [1.807, 2.05) is 20.9 Å². The van der Waals surface area contributed by atoms with Crippen molar-refractivity contribution in [2.75, 3.05) is 53.8 Å². The van der Waals surface area contributed by atoms with Gasteiger partial charge >= 0.3 is 18.0 Å². The van der Waals surface area contributed by atoms with Gasteiger partial charge in [-0.05, 0) is 38.4 Å². The van der Waals surface area contributed by atoms with Crippen molar-refractivity contribution in [1.29, 1.82) is 5.26 Å². The largest absolute Gasteiger partial charge is 0.493 e. The van der Waals surface area contributed by atoms with Crippen LogP contribution in [0.1, 0.15) is 57.6 Å². The summed E-state index contributed by atoms with van der Waals surface area (Å²) in [5, 5.41) is 13.1. The first-order chi connectivity index (χ1) is 25.6. The van der Waals surface area contributed by atoms with Gasteiger partial charge in [0.15, 0.2) is 29.8 Å². The van der Waals surface area contributed by atoms with E-state index in [1.54, 1.807) is 14.2 Å². The van der Waals surface area contributed by atoms with Crippen LogP contribution in [-0.4, -0.2) is 106 Å². The number of carbonyl (C=O) groups is 3. The monoisotopic (exact) mass is 750 g/mol. The van der Waals surface area contributed by atoms with Crippen LogP contribution in [0.25, 0.3) is 0 Å². The fourth-order valence-corrected chi connectivity index (χ4v) is 10.1. The first-order valence-electron chi connectivity index (χ1n) is 17.2. The molecule has 6 aliphatic rings. The number of methoxy groups -OCH3 is 2. The fourth-order valence-electron chi connectivity index (χ4n) is 8.62. The summed E-state index contributed by atoms with van der Waals surface area (Å²) in [6, 6.07) is 0.967. The lowest BCUT2D eigenvalue weighted by atomic mass is 9.71. The lowest BCUT2D eigenvalue weighted by Crippen LogP contribution is -2.69. The molecule has 0 spiro atoms. The van der Waals surface area contributed by atoms with Gasteiger partial charge in [0.1, 0.15) is 31.0 Å². The number of hydrogen-bond donors (Lipinski definition) is 1. The van der Waals surface area contributed by atoms with Crippen LogP contribution in [0.5, 0.6) is 28.7 Å². The molecule has 1 N–H and O–H groups in total. The number of rotatable bonds is 8. The summed E-state index contributed by atoms with van der Waals surface area (Å²) in [7, 11) is 5.15. The van der Waals surface area contributed by atoms with Gasteiger partial charge in [0.05, 0.1) is 30.5 Å². The molecule has 6 heterocycles.